The molecule has 1 saturated carbocycles. The van der Waals surface area contributed by atoms with E-state index >= 15 is 0 Å². The summed E-state index contributed by atoms with van der Waals surface area (Å²) in [5, 5.41) is 3.15. The van der Waals surface area contributed by atoms with Crippen molar-refractivity contribution in [2.24, 2.45) is 0 Å². The summed E-state index contributed by atoms with van der Waals surface area (Å²) < 4.78 is 10.9. The molecule has 2 aromatic carbocycles. The fraction of sp³-hybridized carbons (Fsp3) is 0.458. The fourth-order valence-corrected chi connectivity index (χ4v) is 3.99. The van der Waals surface area contributed by atoms with Crippen LogP contribution in [0, 0.1) is 6.92 Å². The lowest BCUT2D eigenvalue weighted by atomic mass is 9.68. The highest BCUT2D eigenvalue weighted by molar-refractivity contribution is 5.99. The van der Waals surface area contributed by atoms with Crippen molar-refractivity contribution in [3.63, 3.8) is 0 Å². The molecule has 1 aliphatic carbocycles. The second kappa shape index (κ2) is 9.74. The van der Waals surface area contributed by atoms with E-state index in [4.69, 9.17) is 9.47 Å². The van der Waals surface area contributed by atoms with Gasteiger partial charge in [-0.15, -0.1) is 0 Å². The zero-order valence-corrected chi connectivity index (χ0v) is 17.0. The Hall–Kier alpha value is -2.33. The zero-order chi connectivity index (χ0) is 19.8. The standard InChI is InChI=1S/C24H31NO3/c1-3-27-16-17-28-22-12-10-21(11-13-22)25-23(26)24(14-5-4-6-15-24)20-9-7-8-19(2)18-20/h7-13,18H,3-6,14-17H2,1-2H3,(H,25,26). The highest BCUT2D eigenvalue weighted by Crippen LogP contribution is 2.40. The molecule has 0 aliphatic heterocycles. The summed E-state index contributed by atoms with van der Waals surface area (Å²) in [4.78, 5) is 13.4. The van der Waals surface area contributed by atoms with E-state index in [-0.39, 0.29) is 5.91 Å². The van der Waals surface area contributed by atoms with Crippen molar-refractivity contribution in [3.05, 3.63) is 59.7 Å². The molecule has 3 rings (SSSR count). The molecule has 0 radical (unpaired) electrons. The number of aryl methyl sites for hydroxylation is 1. The first kappa shape index (κ1) is 20.4. The van der Waals surface area contributed by atoms with E-state index in [2.05, 4.69) is 36.5 Å². The van der Waals surface area contributed by atoms with Crippen LogP contribution in [-0.2, 0) is 14.9 Å². The number of rotatable bonds is 8. The Morgan fingerprint density at radius 1 is 1.04 bits per heavy atom. The minimum atomic E-state index is -0.434. The molecule has 1 amide bonds. The second-order valence-corrected chi connectivity index (χ2v) is 7.54. The Morgan fingerprint density at radius 2 is 1.79 bits per heavy atom. The average molecular weight is 382 g/mol. The van der Waals surface area contributed by atoms with Crippen molar-refractivity contribution in [1.29, 1.82) is 0 Å². The Morgan fingerprint density at radius 3 is 2.46 bits per heavy atom. The second-order valence-electron chi connectivity index (χ2n) is 7.54. The predicted molar refractivity (Wildman–Crippen MR) is 113 cm³/mol. The van der Waals surface area contributed by atoms with Gasteiger partial charge in [-0.05, 0) is 56.5 Å². The lowest BCUT2D eigenvalue weighted by Gasteiger charge is -2.36. The molecule has 0 aromatic heterocycles. The number of carbonyl (C=O) groups is 1. The van der Waals surface area contributed by atoms with E-state index in [1.54, 1.807) is 0 Å². The third-order valence-corrected chi connectivity index (χ3v) is 5.53. The Kier molecular flexibility index (Phi) is 7.10. The number of amides is 1. The highest BCUT2D eigenvalue weighted by Gasteiger charge is 2.41. The summed E-state index contributed by atoms with van der Waals surface area (Å²) in [6.07, 6.45) is 5.19. The van der Waals surface area contributed by atoms with Crippen LogP contribution in [0.15, 0.2) is 48.5 Å². The molecule has 0 saturated heterocycles. The molecular weight excluding hydrogens is 350 g/mol. The predicted octanol–water partition coefficient (Wildman–Crippen LogP) is 5.25. The Balaban J connectivity index is 1.70. The van der Waals surface area contributed by atoms with E-state index in [9.17, 15) is 4.79 Å². The topological polar surface area (TPSA) is 47.6 Å². The number of carbonyl (C=O) groups excluding carboxylic acids is 1. The van der Waals surface area contributed by atoms with Gasteiger partial charge in [0, 0.05) is 12.3 Å². The highest BCUT2D eigenvalue weighted by atomic mass is 16.5. The maximum absolute atomic E-state index is 13.4. The van der Waals surface area contributed by atoms with Crippen molar-refractivity contribution in [2.45, 2.75) is 51.4 Å². The lowest BCUT2D eigenvalue weighted by Crippen LogP contribution is -2.42. The van der Waals surface area contributed by atoms with Crippen LogP contribution < -0.4 is 10.1 Å². The normalized spacial score (nSPS) is 15.8. The molecule has 2 aromatic rings. The zero-order valence-electron chi connectivity index (χ0n) is 17.0. The van der Waals surface area contributed by atoms with Crippen molar-refractivity contribution >= 4 is 11.6 Å². The minimum absolute atomic E-state index is 0.0998. The van der Waals surface area contributed by atoms with Crippen LogP contribution in [0.3, 0.4) is 0 Å². The summed E-state index contributed by atoms with van der Waals surface area (Å²) in [6.45, 7) is 5.84. The maximum Gasteiger partial charge on any atom is 0.235 e. The summed E-state index contributed by atoms with van der Waals surface area (Å²) in [5.41, 5.74) is 2.71. The smallest absolute Gasteiger partial charge is 0.235 e. The largest absolute Gasteiger partial charge is 0.491 e. The first-order valence-electron chi connectivity index (χ1n) is 10.3. The van der Waals surface area contributed by atoms with Gasteiger partial charge >= 0.3 is 0 Å². The third-order valence-electron chi connectivity index (χ3n) is 5.53. The van der Waals surface area contributed by atoms with Crippen molar-refractivity contribution in [2.75, 3.05) is 25.1 Å². The molecule has 4 nitrogen and oxygen atoms in total. The summed E-state index contributed by atoms with van der Waals surface area (Å²) in [7, 11) is 0. The molecule has 1 aliphatic rings. The number of nitrogens with one attached hydrogen (secondary N) is 1. The molecule has 1 fully saturated rings. The molecule has 28 heavy (non-hydrogen) atoms. The number of hydrogen-bond acceptors (Lipinski definition) is 3. The lowest BCUT2D eigenvalue weighted by molar-refractivity contribution is -0.122. The summed E-state index contributed by atoms with van der Waals surface area (Å²) >= 11 is 0. The molecule has 0 heterocycles. The van der Waals surface area contributed by atoms with Gasteiger partial charge in [0.05, 0.1) is 12.0 Å². The monoisotopic (exact) mass is 381 g/mol. The van der Waals surface area contributed by atoms with Crippen LogP contribution in [0.2, 0.25) is 0 Å². The van der Waals surface area contributed by atoms with Gasteiger partial charge in [0.15, 0.2) is 0 Å². The number of anilines is 1. The van der Waals surface area contributed by atoms with Gasteiger partial charge in [-0.2, -0.15) is 0 Å². The molecule has 4 heteroatoms. The van der Waals surface area contributed by atoms with Crippen LogP contribution in [0.25, 0.3) is 0 Å². The van der Waals surface area contributed by atoms with Crippen LogP contribution in [0.5, 0.6) is 5.75 Å². The van der Waals surface area contributed by atoms with Crippen molar-refractivity contribution in [1.82, 2.24) is 0 Å². The fourth-order valence-electron chi connectivity index (χ4n) is 3.99. The molecule has 0 unspecified atom stereocenters. The van der Waals surface area contributed by atoms with Crippen molar-refractivity contribution in [3.8, 4) is 5.75 Å². The number of benzene rings is 2. The van der Waals surface area contributed by atoms with Gasteiger partial charge in [-0.3, -0.25) is 4.79 Å². The number of ether oxygens (including phenoxy) is 2. The molecule has 0 atom stereocenters. The molecule has 150 valence electrons. The first-order chi connectivity index (χ1) is 13.6. The van der Waals surface area contributed by atoms with Crippen molar-refractivity contribution < 1.29 is 14.3 Å². The molecule has 1 N–H and O–H groups in total. The number of hydrogen-bond donors (Lipinski definition) is 1. The minimum Gasteiger partial charge on any atom is -0.491 e. The van der Waals surface area contributed by atoms with E-state index in [0.717, 1.165) is 42.7 Å². The summed E-state index contributed by atoms with van der Waals surface area (Å²) in [6, 6.07) is 16.0. The van der Waals surface area contributed by atoms with Crippen LogP contribution in [-0.4, -0.2) is 25.7 Å². The van der Waals surface area contributed by atoms with Crippen LogP contribution in [0.4, 0.5) is 5.69 Å². The van der Waals surface area contributed by atoms with Crippen LogP contribution in [0.1, 0.15) is 50.2 Å². The van der Waals surface area contributed by atoms with E-state index in [0.29, 0.717) is 19.8 Å². The average Bonchev–Trinajstić information content (AvgIpc) is 2.73. The first-order valence-corrected chi connectivity index (χ1v) is 10.3. The Bertz CT molecular complexity index is 764. The van der Waals surface area contributed by atoms with Gasteiger partial charge in [0.1, 0.15) is 12.4 Å². The van der Waals surface area contributed by atoms with E-state index in [1.165, 1.54) is 12.0 Å². The van der Waals surface area contributed by atoms with Crippen LogP contribution >= 0.6 is 0 Å². The molecule has 0 bridgehead atoms. The third kappa shape index (κ3) is 4.93. The van der Waals surface area contributed by atoms with E-state index in [1.807, 2.05) is 31.2 Å². The van der Waals surface area contributed by atoms with Gasteiger partial charge in [0.2, 0.25) is 5.91 Å². The molecule has 0 spiro atoms. The SMILES string of the molecule is CCOCCOc1ccc(NC(=O)C2(c3cccc(C)c3)CCCCC2)cc1. The molecular formula is C24H31NO3. The van der Waals surface area contributed by atoms with E-state index < -0.39 is 5.41 Å². The van der Waals surface area contributed by atoms with Gasteiger partial charge in [-0.25, -0.2) is 0 Å². The van der Waals surface area contributed by atoms with Gasteiger partial charge < -0.3 is 14.8 Å². The maximum atomic E-state index is 13.4. The Labute approximate surface area is 168 Å². The van der Waals surface area contributed by atoms with Gasteiger partial charge in [0.25, 0.3) is 0 Å². The summed E-state index contributed by atoms with van der Waals surface area (Å²) in [5.74, 6) is 0.881. The van der Waals surface area contributed by atoms with Gasteiger partial charge in [-0.1, -0.05) is 49.1 Å². The quantitative estimate of drug-likeness (QED) is 0.635.